The van der Waals surface area contributed by atoms with E-state index in [1.54, 1.807) is 51.4 Å². The van der Waals surface area contributed by atoms with Gasteiger partial charge in [-0.15, -0.1) is 17.5 Å². The van der Waals surface area contributed by atoms with Crippen molar-refractivity contribution in [3.8, 4) is 11.1 Å². The third-order valence-electron chi connectivity index (χ3n) is 7.77. The fourth-order valence-electron chi connectivity index (χ4n) is 5.87. The van der Waals surface area contributed by atoms with Crippen LogP contribution in [0.25, 0.3) is 11.1 Å². The van der Waals surface area contributed by atoms with Crippen LogP contribution in [0, 0.1) is 26.0 Å². The Labute approximate surface area is 248 Å². The molecule has 0 aromatic heterocycles. The van der Waals surface area contributed by atoms with E-state index in [0.717, 1.165) is 12.8 Å². The molecule has 2 aromatic carbocycles. The summed E-state index contributed by atoms with van der Waals surface area (Å²) in [6.45, 7) is 4.26. The van der Waals surface area contributed by atoms with Crippen molar-refractivity contribution < 1.29 is 48.1 Å². The second-order valence-corrected chi connectivity index (χ2v) is 17.3. The molecule has 0 nitrogen and oxygen atoms in total. The molecule has 4 heteroatoms. The summed E-state index contributed by atoms with van der Waals surface area (Å²) in [5, 5.41) is 0. The van der Waals surface area contributed by atoms with E-state index in [2.05, 4.69) is 62.4 Å². The molecule has 0 heterocycles. The minimum absolute atomic E-state index is 0. The number of allylic oxidation sites excluding steroid dienone is 4. The van der Waals surface area contributed by atoms with Gasteiger partial charge < -0.3 is 24.8 Å². The first kappa shape index (κ1) is 31.8. The molecule has 0 radical (unpaired) electrons. The Kier molecular flexibility index (Phi) is 14.6. The number of hydrogen-bond acceptors (Lipinski definition) is 0. The summed E-state index contributed by atoms with van der Waals surface area (Å²) in [5.41, 5.74) is 10.7. The molecule has 36 heavy (non-hydrogen) atoms. The van der Waals surface area contributed by atoms with Gasteiger partial charge in [0.2, 0.25) is 0 Å². The summed E-state index contributed by atoms with van der Waals surface area (Å²) in [6.07, 6.45) is 26.8. The Morgan fingerprint density at radius 3 is 1.94 bits per heavy atom. The maximum absolute atomic E-state index is 3.45. The molecular weight excluding hydrogens is 575 g/mol. The predicted octanol–water partition coefficient (Wildman–Crippen LogP) is 3.18. The molecule has 2 fully saturated rings. The maximum atomic E-state index is 3.45. The molecule has 0 amide bonds. The van der Waals surface area contributed by atoms with E-state index in [4.69, 9.17) is 0 Å². The molecule has 192 valence electrons. The molecule has 2 saturated carbocycles. The van der Waals surface area contributed by atoms with Crippen LogP contribution in [0.1, 0.15) is 92.9 Å². The van der Waals surface area contributed by atoms with E-state index < -0.39 is 0 Å². The van der Waals surface area contributed by atoms with Gasteiger partial charge in [0.1, 0.15) is 0 Å². The molecule has 0 unspecified atom stereocenters. The number of aryl methyl sites for hydroxylation is 2. The van der Waals surface area contributed by atoms with Crippen molar-refractivity contribution in [2.45, 2.75) is 102 Å². The van der Waals surface area contributed by atoms with E-state index in [-0.39, 0.29) is 30.2 Å². The second-order valence-electron chi connectivity index (χ2n) is 10.5. The van der Waals surface area contributed by atoms with Crippen LogP contribution >= 0.6 is 0 Å². The fraction of sp³-hybridized carbons (Fsp3) is 0.500. The second kappa shape index (κ2) is 16.5. The molecule has 0 bridgehead atoms. The number of hydrogen-bond donors (Lipinski definition) is 0. The number of benzene rings is 2. The number of halogens is 2. The van der Waals surface area contributed by atoms with Gasteiger partial charge in [-0.25, -0.2) is 12.2 Å². The van der Waals surface area contributed by atoms with Crippen molar-refractivity contribution in [2.75, 3.05) is 0 Å². The molecule has 0 N–H and O–H groups in total. The van der Waals surface area contributed by atoms with E-state index >= 15 is 0 Å². The van der Waals surface area contributed by atoms with Crippen molar-refractivity contribution in [1.29, 1.82) is 0 Å². The standard InChI is InChI=1S/C15H13.C12H22Si.C5H5.2ClH.Zr/c1-10-3-5-14-12(7-10)9-13-8-11(2)4-6-15(13)14;1-3-7-11(8-4-1)13-12-9-5-2-6-10-12;1-2-4-5-3-1;;;/h3-7H,9H2,1-2H3;11-12H,1-10H2;1-3H,4H2;2*1H;/q-1;;-1;;;+2/p-2. The van der Waals surface area contributed by atoms with Crippen molar-refractivity contribution >= 4 is 5.43 Å². The van der Waals surface area contributed by atoms with Crippen LogP contribution in [0.5, 0.6) is 0 Å². The van der Waals surface area contributed by atoms with Gasteiger partial charge in [-0.3, -0.25) is 6.08 Å². The van der Waals surface area contributed by atoms with E-state index in [1.807, 2.05) is 35.5 Å². The van der Waals surface area contributed by atoms with Crippen LogP contribution in [-0.2, 0) is 29.8 Å². The van der Waals surface area contributed by atoms with Gasteiger partial charge in [-0.05, 0) is 18.9 Å². The van der Waals surface area contributed by atoms with Crippen LogP contribution in [0.2, 0.25) is 11.1 Å². The topological polar surface area (TPSA) is 0 Å². The zero-order valence-electron chi connectivity index (χ0n) is 22.0. The Hall–Kier alpha value is -0.400. The first-order valence-corrected chi connectivity index (χ1v) is 18.9. The zero-order valence-corrected chi connectivity index (χ0v) is 27.0. The average molecular weight is 615 g/mol. The molecular formula is C32H40Cl2SiZr-2. The summed E-state index contributed by atoms with van der Waals surface area (Å²) in [4.78, 5) is 0. The fourth-order valence-corrected chi connectivity index (χ4v) is 12.9. The van der Waals surface area contributed by atoms with E-state index in [1.165, 1.54) is 57.3 Å². The van der Waals surface area contributed by atoms with Crippen molar-refractivity contribution in [2.24, 2.45) is 0 Å². The average Bonchev–Trinajstić information content (AvgIpc) is 3.56. The van der Waals surface area contributed by atoms with Gasteiger partial charge in [-0.2, -0.15) is 29.8 Å². The van der Waals surface area contributed by atoms with Gasteiger partial charge in [0, 0.05) is 0 Å². The van der Waals surface area contributed by atoms with Crippen LogP contribution in [-0.4, -0.2) is 5.43 Å². The summed E-state index contributed by atoms with van der Waals surface area (Å²) < 4.78 is 0. The van der Waals surface area contributed by atoms with Crippen molar-refractivity contribution in [3.63, 3.8) is 0 Å². The Morgan fingerprint density at radius 2 is 1.42 bits per heavy atom. The molecule has 0 atom stereocenters. The third kappa shape index (κ3) is 9.11. The van der Waals surface area contributed by atoms with Crippen molar-refractivity contribution in [1.82, 2.24) is 0 Å². The quantitative estimate of drug-likeness (QED) is 0.308. The normalized spacial score (nSPS) is 17.9. The van der Waals surface area contributed by atoms with E-state index in [9.17, 15) is 0 Å². The summed E-state index contributed by atoms with van der Waals surface area (Å²) in [5.74, 6) is 0. The molecule has 0 spiro atoms. The van der Waals surface area contributed by atoms with Crippen LogP contribution in [0.15, 0.2) is 48.6 Å². The van der Waals surface area contributed by atoms with Gasteiger partial charge in [0.25, 0.3) is 0 Å². The summed E-state index contributed by atoms with van der Waals surface area (Å²) >= 11 is 1.95. The van der Waals surface area contributed by atoms with Crippen molar-refractivity contribution in [3.05, 3.63) is 83.0 Å². The molecule has 4 aliphatic carbocycles. The van der Waals surface area contributed by atoms with Gasteiger partial charge in [0.15, 0.2) is 0 Å². The van der Waals surface area contributed by atoms with Crippen LogP contribution < -0.4 is 24.8 Å². The molecule has 0 aliphatic heterocycles. The Morgan fingerprint density at radius 1 is 0.806 bits per heavy atom. The predicted molar refractivity (Wildman–Crippen MR) is 144 cm³/mol. The van der Waals surface area contributed by atoms with Crippen LogP contribution in [0.3, 0.4) is 0 Å². The summed E-state index contributed by atoms with van der Waals surface area (Å²) in [6, 6.07) is 14.5. The first-order chi connectivity index (χ1) is 16.6. The number of rotatable bonds is 2. The summed E-state index contributed by atoms with van der Waals surface area (Å²) in [7, 11) is 0. The molecule has 4 aliphatic rings. The minimum atomic E-state index is 0. The van der Waals surface area contributed by atoms with Crippen LogP contribution in [0.4, 0.5) is 0 Å². The monoisotopic (exact) mass is 612 g/mol. The zero-order chi connectivity index (χ0) is 23.8. The SMILES string of the molecule is Cc1[c-]c2c(cc1)-c1ccc(C)cc1C2.[C-]1=CC=CC1.[Cl-].[Cl-].[Zr+2]=[Si](C1CCCCC1)C1CCCCC1. The van der Waals surface area contributed by atoms with Gasteiger partial charge >= 0.3 is 104 Å². The van der Waals surface area contributed by atoms with E-state index in [0.29, 0.717) is 0 Å². The molecule has 0 saturated heterocycles. The van der Waals surface area contributed by atoms with Gasteiger partial charge in [0.05, 0.1) is 0 Å². The van der Waals surface area contributed by atoms with Gasteiger partial charge in [-0.1, -0.05) is 36.2 Å². The first-order valence-electron chi connectivity index (χ1n) is 13.5. The number of fused-ring (bicyclic) bond motifs is 3. The molecule has 6 rings (SSSR count). The Balaban J connectivity index is 0.000000204. The molecule has 2 aromatic rings. The third-order valence-corrected chi connectivity index (χ3v) is 16.7. The Bertz CT molecular complexity index is 951.